The average molecular weight is 290 g/mol. The Kier molecular flexibility index (Phi) is 5.55. The van der Waals surface area contributed by atoms with Crippen LogP contribution in [0.3, 0.4) is 0 Å². The summed E-state index contributed by atoms with van der Waals surface area (Å²) in [6.45, 7) is 3.19. The van der Waals surface area contributed by atoms with Gasteiger partial charge in [-0.3, -0.25) is 9.69 Å². The molecule has 1 fully saturated rings. The van der Waals surface area contributed by atoms with Crippen molar-refractivity contribution in [2.75, 3.05) is 32.8 Å². The third kappa shape index (κ3) is 5.06. The highest BCUT2D eigenvalue weighted by atomic mass is 16.5. The number of morpholine rings is 1. The Morgan fingerprint density at radius 2 is 2.24 bits per heavy atom. The number of nitrogens with zero attached hydrogens (tertiary/aromatic N) is 2. The summed E-state index contributed by atoms with van der Waals surface area (Å²) >= 11 is 0. The molecule has 1 heterocycles. The maximum atomic E-state index is 10.7. The number of rotatable bonds is 6. The smallest absolute Gasteiger partial charge is 0.306 e. The van der Waals surface area contributed by atoms with Crippen LogP contribution in [-0.4, -0.2) is 54.9 Å². The fraction of sp³-hybridized carbons (Fsp3) is 0.467. The summed E-state index contributed by atoms with van der Waals surface area (Å²) in [6.07, 6.45) is -0.210. The normalized spacial score (nSPS) is 18.9. The summed E-state index contributed by atoms with van der Waals surface area (Å²) < 4.78 is 11.0. The van der Waals surface area contributed by atoms with Crippen LogP contribution in [0.25, 0.3) is 0 Å². The van der Waals surface area contributed by atoms with Crippen LogP contribution in [-0.2, 0) is 9.53 Å². The van der Waals surface area contributed by atoms with Gasteiger partial charge in [0.2, 0.25) is 0 Å². The molecule has 6 nitrogen and oxygen atoms in total. The van der Waals surface area contributed by atoms with E-state index in [0.717, 1.165) is 18.8 Å². The molecular weight excluding hydrogens is 272 g/mol. The second-order valence-corrected chi connectivity index (χ2v) is 4.88. The minimum absolute atomic E-state index is 0.0347. The van der Waals surface area contributed by atoms with Crippen LogP contribution in [0, 0.1) is 11.3 Å². The molecule has 1 aromatic carbocycles. The highest BCUT2D eigenvalue weighted by molar-refractivity contribution is 5.67. The molecule has 21 heavy (non-hydrogen) atoms. The van der Waals surface area contributed by atoms with Gasteiger partial charge in [-0.2, -0.15) is 5.26 Å². The van der Waals surface area contributed by atoms with E-state index in [4.69, 9.17) is 19.8 Å². The lowest BCUT2D eigenvalue weighted by Gasteiger charge is -2.32. The topological polar surface area (TPSA) is 82.8 Å². The monoisotopic (exact) mass is 290 g/mol. The number of carboxylic acid groups (broad SMARTS) is 1. The van der Waals surface area contributed by atoms with E-state index < -0.39 is 5.97 Å². The summed E-state index contributed by atoms with van der Waals surface area (Å²) in [5.74, 6) is -0.111. The molecule has 1 aliphatic heterocycles. The maximum absolute atomic E-state index is 10.7. The van der Waals surface area contributed by atoms with Gasteiger partial charge in [-0.1, -0.05) is 0 Å². The lowest BCUT2D eigenvalue weighted by molar-refractivity contribution is -0.142. The quantitative estimate of drug-likeness (QED) is 0.845. The van der Waals surface area contributed by atoms with Crippen molar-refractivity contribution in [2.24, 2.45) is 0 Å². The van der Waals surface area contributed by atoms with Gasteiger partial charge in [-0.25, -0.2) is 0 Å². The maximum Gasteiger partial charge on any atom is 0.306 e. The van der Waals surface area contributed by atoms with E-state index in [-0.39, 0.29) is 12.5 Å². The van der Waals surface area contributed by atoms with Crippen molar-refractivity contribution in [2.45, 2.75) is 12.5 Å². The largest absolute Gasteiger partial charge is 0.492 e. The lowest BCUT2D eigenvalue weighted by Crippen LogP contribution is -2.44. The molecule has 1 N–H and O–H groups in total. The molecular formula is C15H18N2O4. The molecule has 0 bridgehead atoms. The van der Waals surface area contributed by atoms with Crippen LogP contribution in [0.4, 0.5) is 0 Å². The van der Waals surface area contributed by atoms with Crippen LogP contribution >= 0.6 is 0 Å². The van der Waals surface area contributed by atoms with E-state index in [9.17, 15) is 4.79 Å². The first-order valence-electron chi connectivity index (χ1n) is 6.86. The van der Waals surface area contributed by atoms with Crippen molar-refractivity contribution in [3.8, 4) is 11.8 Å². The fourth-order valence-electron chi connectivity index (χ4n) is 2.22. The fourth-order valence-corrected chi connectivity index (χ4v) is 2.22. The van der Waals surface area contributed by atoms with E-state index in [1.807, 2.05) is 0 Å². The first-order valence-corrected chi connectivity index (χ1v) is 6.86. The summed E-state index contributed by atoms with van der Waals surface area (Å²) in [7, 11) is 0. The van der Waals surface area contributed by atoms with Gasteiger partial charge in [0, 0.05) is 19.6 Å². The predicted molar refractivity (Wildman–Crippen MR) is 75.1 cm³/mol. The Morgan fingerprint density at radius 1 is 1.48 bits per heavy atom. The van der Waals surface area contributed by atoms with Gasteiger partial charge in [0.25, 0.3) is 0 Å². The molecule has 6 heteroatoms. The van der Waals surface area contributed by atoms with Crippen LogP contribution in [0.1, 0.15) is 12.0 Å². The number of aliphatic carboxylic acids is 1. The Bertz CT molecular complexity index is 509. The molecule has 1 atom stereocenters. The van der Waals surface area contributed by atoms with Gasteiger partial charge < -0.3 is 14.6 Å². The Hall–Kier alpha value is -2.10. The van der Waals surface area contributed by atoms with Gasteiger partial charge in [0.15, 0.2) is 0 Å². The number of ether oxygens (including phenoxy) is 2. The van der Waals surface area contributed by atoms with Gasteiger partial charge >= 0.3 is 5.97 Å². The lowest BCUT2D eigenvalue weighted by atomic mass is 10.2. The second kappa shape index (κ2) is 7.62. The number of nitriles is 1. The van der Waals surface area contributed by atoms with E-state index >= 15 is 0 Å². The number of hydrogen-bond acceptors (Lipinski definition) is 5. The zero-order chi connectivity index (χ0) is 15.1. The predicted octanol–water partition coefficient (Wildman–Crippen LogP) is 1.11. The van der Waals surface area contributed by atoms with Crippen molar-refractivity contribution in [3.05, 3.63) is 29.8 Å². The summed E-state index contributed by atoms with van der Waals surface area (Å²) in [4.78, 5) is 12.8. The van der Waals surface area contributed by atoms with Crippen molar-refractivity contribution in [1.82, 2.24) is 4.90 Å². The standard InChI is InChI=1S/C15H18N2O4/c16-10-12-1-3-13(4-2-12)20-7-5-17-6-8-21-14(11-17)9-15(18)19/h1-4,14H,5-9,11H2,(H,18,19). The first kappa shape index (κ1) is 15.3. The minimum Gasteiger partial charge on any atom is -0.492 e. The van der Waals surface area contributed by atoms with Gasteiger partial charge in [-0.15, -0.1) is 0 Å². The summed E-state index contributed by atoms with van der Waals surface area (Å²) in [6, 6.07) is 9.03. The molecule has 1 saturated heterocycles. The molecule has 112 valence electrons. The third-order valence-corrected chi connectivity index (χ3v) is 3.28. The summed E-state index contributed by atoms with van der Waals surface area (Å²) in [5, 5.41) is 17.5. The van der Waals surface area contributed by atoms with Crippen LogP contribution in [0.15, 0.2) is 24.3 Å². The average Bonchev–Trinajstić information content (AvgIpc) is 2.48. The molecule has 0 saturated carbocycles. The first-order chi connectivity index (χ1) is 10.2. The molecule has 0 amide bonds. The van der Waals surface area contributed by atoms with Crippen molar-refractivity contribution in [1.29, 1.82) is 5.26 Å². The van der Waals surface area contributed by atoms with E-state index in [2.05, 4.69) is 11.0 Å². The molecule has 1 aliphatic rings. The van der Waals surface area contributed by atoms with E-state index in [1.54, 1.807) is 24.3 Å². The molecule has 1 aromatic rings. The Labute approximate surface area is 123 Å². The van der Waals surface area contributed by atoms with Crippen LogP contribution in [0.5, 0.6) is 5.75 Å². The zero-order valence-electron chi connectivity index (χ0n) is 11.7. The molecule has 0 spiro atoms. The SMILES string of the molecule is N#Cc1ccc(OCCN2CCOC(CC(=O)O)C2)cc1. The highest BCUT2D eigenvalue weighted by Gasteiger charge is 2.22. The number of benzene rings is 1. The van der Waals surface area contributed by atoms with Gasteiger partial charge in [0.1, 0.15) is 12.4 Å². The molecule has 1 unspecified atom stereocenters. The number of carboxylic acids is 1. The van der Waals surface area contributed by atoms with Gasteiger partial charge in [0.05, 0.1) is 30.8 Å². The molecule has 0 aromatic heterocycles. The van der Waals surface area contributed by atoms with Crippen LogP contribution < -0.4 is 4.74 Å². The highest BCUT2D eigenvalue weighted by Crippen LogP contribution is 2.12. The number of hydrogen-bond donors (Lipinski definition) is 1. The van der Waals surface area contributed by atoms with Crippen molar-refractivity contribution in [3.63, 3.8) is 0 Å². The Morgan fingerprint density at radius 3 is 2.90 bits per heavy atom. The third-order valence-electron chi connectivity index (χ3n) is 3.28. The van der Waals surface area contributed by atoms with Crippen molar-refractivity contribution < 1.29 is 19.4 Å². The summed E-state index contributed by atoms with van der Waals surface area (Å²) in [5.41, 5.74) is 0.604. The number of carbonyl (C=O) groups is 1. The second-order valence-electron chi connectivity index (χ2n) is 4.88. The van der Waals surface area contributed by atoms with Gasteiger partial charge in [-0.05, 0) is 24.3 Å². The molecule has 0 radical (unpaired) electrons. The van der Waals surface area contributed by atoms with E-state index in [1.165, 1.54) is 0 Å². The molecule has 2 rings (SSSR count). The Balaban J connectivity index is 1.72. The minimum atomic E-state index is -0.837. The zero-order valence-corrected chi connectivity index (χ0v) is 11.7. The van der Waals surface area contributed by atoms with Crippen LogP contribution in [0.2, 0.25) is 0 Å². The van der Waals surface area contributed by atoms with E-state index in [0.29, 0.717) is 25.3 Å². The molecule has 0 aliphatic carbocycles. The van der Waals surface area contributed by atoms with Crippen molar-refractivity contribution >= 4 is 5.97 Å².